The van der Waals surface area contributed by atoms with Gasteiger partial charge in [0.2, 0.25) is 5.91 Å². The first-order valence-electron chi connectivity index (χ1n) is 6.16. The molecule has 0 unspecified atom stereocenters. The smallest absolute Gasteiger partial charge is 0.417 e. The van der Waals surface area contributed by atoms with Crippen molar-refractivity contribution in [3.63, 3.8) is 0 Å². The SMILES string of the molecule is C[C@H]1C#CCN(C(=O)OCc2ccccc2)C(=O)C1. The second-order valence-corrected chi connectivity index (χ2v) is 4.45. The molecule has 1 aliphatic rings. The molecular formula is C15H15NO3. The lowest BCUT2D eigenvalue weighted by atomic mass is 10.1. The van der Waals surface area contributed by atoms with E-state index in [2.05, 4.69) is 11.8 Å². The van der Waals surface area contributed by atoms with Crippen molar-refractivity contribution >= 4 is 12.0 Å². The van der Waals surface area contributed by atoms with Crippen LogP contribution in [0.3, 0.4) is 0 Å². The summed E-state index contributed by atoms with van der Waals surface area (Å²) in [7, 11) is 0. The van der Waals surface area contributed by atoms with Crippen molar-refractivity contribution in [1.82, 2.24) is 4.90 Å². The van der Waals surface area contributed by atoms with E-state index in [0.717, 1.165) is 10.5 Å². The van der Waals surface area contributed by atoms with Crippen LogP contribution in [0.5, 0.6) is 0 Å². The highest BCUT2D eigenvalue weighted by atomic mass is 16.6. The van der Waals surface area contributed by atoms with Gasteiger partial charge in [-0.25, -0.2) is 9.69 Å². The van der Waals surface area contributed by atoms with Crippen LogP contribution in [0.4, 0.5) is 4.79 Å². The highest BCUT2D eigenvalue weighted by Crippen LogP contribution is 2.10. The molecule has 1 aliphatic heterocycles. The molecule has 0 N–H and O–H groups in total. The molecule has 0 aliphatic carbocycles. The molecule has 1 aromatic rings. The summed E-state index contributed by atoms with van der Waals surface area (Å²) in [5.74, 6) is 5.46. The minimum atomic E-state index is -0.628. The van der Waals surface area contributed by atoms with Gasteiger partial charge in [0, 0.05) is 12.3 Å². The molecule has 0 fully saturated rings. The van der Waals surface area contributed by atoms with Gasteiger partial charge in [-0.15, -0.1) is 0 Å². The number of nitrogens with zero attached hydrogens (tertiary/aromatic N) is 1. The molecule has 2 rings (SSSR count). The van der Waals surface area contributed by atoms with Crippen LogP contribution >= 0.6 is 0 Å². The lowest BCUT2D eigenvalue weighted by Crippen LogP contribution is -2.37. The molecule has 2 amide bonds. The molecule has 0 radical (unpaired) electrons. The summed E-state index contributed by atoms with van der Waals surface area (Å²) in [6.45, 7) is 2.13. The number of benzene rings is 1. The molecule has 1 heterocycles. The molecular weight excluding hydrogens is 242 g/mol. The number of rotatable bonds is 2. The van der Waals surface area contributed by atoms with Crippen molar-refractivity contribution in [3.05, 3.63) is 35.9 Å². The topological polar surface area (TPSA) is 46.6 Å². The Morgan fingerprint density at radius 3 is 2.89 bits per heavy atom. The van der Waals surface area contributed by atoms with Gasteiger partial charge in [0.1, 0.15) is 6.61 Å². The minimum Gasteiger partial charge on any atom is -0.444 e. The van der Waals surface area contributed by atoms with E-state index in [-0.39, 0.29) is 31.4 Å². The van der Waals surface area contributed by atoms with E-state index < -0.39 is 6.09 Å². The number of carbonyl (C=O) groups is 2. The van der Waals surface area contributed by atoms with E-state index in [4.69, 9.17) is 4.74 Å². The quantitative estimate of drug-likeness (QED) is 0.763. The summed E-state index contributed by atoms with van der Waals surface area (Å²) in [6, 6.07) is 9.35. The van der Waals surface area contributed by atoms with Gasteiger partial charge in [0.05, 0.1) is 6.54 Å². The zero-order valence-electron chi connectivity index (χ0n) is 10.8. The first-order valence-corrected chi connectivity index (χ1v) is 6.16. The Morgan fingerprint density at radius 2 is 2.16 bits per heavy atom. The normalized spacial score (nSPS) is 18.3. The second kappa shape index (κ2) is 6.05. The van der Waals surface area contributed by atoms with Crippen LogP contribution in [0, 0.1) is 17.8 Å². The number of amides is 2. The fourth-order valence-corrected chi connectivity index (χ4v) is 1.77. The van der Waals surface area contributed by atoms with Crippen LogP contribution < -0.4 is 0 Å². The lowest BCUT2D eigenvalue weighted by molar-refractivity contribution is -0.129. The third-order valence-corrected chi connectivity index (χ3v) is 2.79. The predicted octanol–water partition coefficient (Wildman–Crippen LogP) is 2.20. The Bertz CT molecular complexity index is 527. The van der Waals surface area contributed by atoms with Crippen LogP contribution in [0.2, 0.25) is 0 Å². The molecule has 4 heteroatoms. The minimum absolute atomic E-state index is 0.0144. The zero-order valence-corrected chi connectivity index (χ0v) is 10.8. The van der Waals surface area contributed by atoms with Gasteiger partial charge in [0.15, 0.2) is 0 Å². The summed E-state index contributed by atoms with van der Waals surface area (Å²) in [5, 5.41) is 0. The standard InChI is InChI=1S/C15H15NO3/c1-12-6-5-9-16(14(17)10-12)15(18)19-11-13-7-3-2-4-8-13/h2-4,7-8,12H,9-11H2,1H3/t12-/m0/s1. The van der Waals surface area contributed by atoms with E-state index in [1.54, 1.807) is 0 Å². The van der Waals surface area contributed by atoms with E-state index >= 15 is 0 Å². The van der Waals surface area contributed by atoms with Crippen molar-refractivity contribution in [2.45, 2.75) is 20.0 Å². The molecule has 0 bridgehead atoms. The Labute approximate surface area is 112 Å². The van der Waals surface area contributed by atoms with Crippen molar-refractivity contribution in [2.75, 3.05) is 6.54 Å². The average Bonchev–Trinajstić information content (AvgIpc) is 2.58. The van der Waals surface area contributed by atoms with Crippen LogP contribution in [0.1, 0.15) is 18.9 Å². The largest absolute Gasteiger partial charge is 0.444 e. The summed E-state index contributed by atoms with van der Waals surface area (Å²) >= 11 is 0. The van der Waals surface area contributed by atoms with Crippen LogP contribution in [-0.4, -0.2) is 23.4 Å². The molecule has 4 nitrogen and oxygen atoms in total. The molecule has 0 saturated heterocycles. The first kappa shape index (κ1) is 13.2. The van der Waals surface area contributed by atoms with Gasteiger partial charge in [0.25, 0.3) is 0 Å². The Hall–Kier alpha value is -2.28. The fourth-order valence-electron chi connectivity index (χ4n) is 1.77. The van der Waals surface area contributed by atoms with E-state index in [0.29, 0.717) is 0 Å². The van der Waals surface area contributed by atoms with Gasteiger partial charge in [-0.2, -0.15) is 0 Å². The number of ether oxygens (including phenoxy) is 1. The van der Waals surface area contributed by atoms with Crippen molar-refractivity contribution in [2.24, 2.45) is 5.92 Å². The van der Waals surface area contributed by atoms with E-state index in [1.165, 1.54) is 0 Å². The zero-order chi connectivity index (χ0) is 13.7. The van der Waals surface area contributed by atoms with Gasteiger partial charge in [-0.3, -0.25) is 4.79 Å². The predicted molar refractivity (Wildman–Crippen MR) is 69.9 cm³/mol. The lowest BCUT2D eigenvalue weighted by Gasteiger charge is -2.17. The molecule has 0 aromatic heterocycles. The highest BCUT2D eigenvalue weighted by molar-refractivity contribution is 5.92. The molecule has 1 atom stereocenters. The number of hydrogen-bond donors (Lipinski definition) is 0. The summed E-state index contributed by atoms with van der Waals surface area (Å²) in [4.78, 5) is 24.7. The van der Waals surface area contributed by atoms with Crippen molar-refractivity contribution in [1.29, 1.82) is 0 Å². The van der Waals surface area contributed by atoms with Gasteiger partial charge in [-0.1, -0.05) is 49.1 Å². The maximum atomic E-state index is 11.9. The van der Waals surface area contributed by atoms with Gasteiger partial charge < -0.3 is 4.74 Å². The fraction of sp³-hybridized carbons (Fsp3) is 0.333. The number of carbonyl (C=O) groups excluding carboxylic acids is 2. The Balaban J connectivity index is 1.93. The summed E-state index contributed by atoms with van der Waals surface area (Å²) < 4.78 is 5.13. The first-order chi connectivity index (χ1) is 9.16. The molecule has 98 valence electrons. The maximum Gasteiger partial charge on any atom is 0.417 e. The van der Waals surface area contributed by atoms with Gasteiger partial charge >= 0.3 is 6.09 Å². The van der Waals surface area contributed by atoms with E-state index in [1.807, 2.05) is 37.3 Å². The Kier molecular flexibility index (Phi) is 4.19. The van der Waals surface area contributed by atoms with Crippen molar-refractivity contribution < 1.29 is 14.3 Å². The van der Waals surface area contributed by atoms with Gasteiger partial charge in [-0.05, 0) is 5.56 Å². The Morgan fingerprint density at radius 1 is 1.42 bits per heavy atom. The molecule has 1 aromatic carbocycles. The maximum absolute atomic E-state index is 11.9. The van der Waals surface area contributed by atoms with E-state index in [9.17, 15) is 9.59 Å². The van der Waals surface area contributed by atoms with Crippen LogP contribution in [0.25, 0.3) is 0 Å². The van der Waals surface area contributed by atoms with Crippen LogP contribution in [-0.2, 0) is 16.1 Å². The third kappa shape index (κ3) is 3.59. The number of hydrogen-bond acceptors (Lipinski definition) is 3. The average molecular weight is 257 g/mol. The highest BCUT2D eigenvalue weighted by Gasteiger charge is 2.24. The molecule has 19 heavy (non-hydrogen) atoms. The van der Waals surface area contributed by atoms with Crippen molar-refractivity contribution in [3.8, 4) is 11.8 Å². The molecule has 0 spiro atoms. The van der Waals surface area contributed by atoms with Crippen LogP contribution in [0.15, 0.2) is 30.3 Å². The second-order valence-electron chi connectivity index (χ2n) is 4.45. The summed E-state index contributed by atoms with van der Waals surface area (Å²) in [6.07, 6.45) is -0.370. The third-order valence-electron chi connectivity index (χ3n) is 2.79. The summed E-state index contributed by atoms with van der Waals surface area (Å²) in [5.41, 5.74) is 0.887. The molecule has 0 saturated carbocycles. The number of imide groups is 1. The monoisotopic (exact) mass is 257 g/mol.